The van der Waals surface area contributed by atoms with Crippen molar-refractivity contribution in [2.75, 3.05) is 16.8 Å². The van der Waals surface area contributed by atoms with Crippen LogP contribution in [0.2, 0.25) is 0 Å². The van der Waals surface area contributed by atoms with E-state index in [0.29, 0.717) is 12.2 Å². The molecular formula is C23H24N4O2. The highest BCUT2D eigenvalue weighted by atomic mass is 16.2. The Morgan fingerprint density at radius 2 is 1.79 bits per heavy atom. The van der Waals surface area contributed by atoms with Gasteiger partial charge in [0.1, 0.15) is 0 Å². The molecule has 2 aromatic carbocycles. The van der Waals surface area contributed by atoms with Gasteiger partial charge in [0.15, 0.2) is 0 Å². The van der Waals surface area contributed by atoms with Crippen LogP contribution in [0.3, 0.4) is 0 Å². The Balaban J connectivity index is 1.44. The molecule has 0 spiro atoms. The van der Waals surface area contributed by atoms with E-state index in [1.54, 1.807) is 4.90 Å². The molecule has 1 aliphatic heterocycles. The topological polar surface area (TPSA) is 67.2 Å². The number of nitrogens with one attached hydrogen (secondary N) is 1. The Kier molecular flexibility index (Phi) is 4.92. The zero-order valence-electron chi connectivity index (χ0n) is 16.8. The molecule has 6 nitrogen and oxygen atoms in total. The van der Waals surface area contributed by atoms with Crippen molar-refractivity contribution in [1.29, 1.82) is 0 Å². The molecule has 4 rings (SSSR count). The third-order valence-corrected chi connectivity index (χ3v) is 5.29. The molecule has 0 unspecified atom stereocenters. The molecule has 6 heteroatoms. The van der Waals surface area contributed by atoms with Crippen LogP contribution < -0.4 is 10.2 Å². The van der Waals surface area contributed by atoms with Gasteiger partial charge in [-0.25, -0.2) is 4.68 Å². The number of aromatic nitrogens is 2. The second-order valence-electron chi connectivity index (χ2n) is 7.57. The highest BCUT2D eigenvalue weighted by molar-refractivity contribution is 6.03. The van der Waals surface area contributed by atoms with Crippen LogP contribution in [0.1, 0.15) is 23.4 Å². The highest BCUT2D eigenvalue weighted by Gasteiger charge is 2.35. The highest BCUT2D eigenvalue weighted by Crippen LogP contribution is 2.28. The summed E-state index contributed by atoms with van der Waals surface area (Å²) >= 11 is 0. The quantitative estimate of drug-likeness (QED) is 0.739. The largest absolute Gasteiger partial charge is 0.326 e. The Morgan fingerprint density at radius 3 is 2.45 bits per heavy atom. The van der Waals surface area contributed by atoms with Gasteiger partial charge in [-0.1, -0.05) is 18.2 Å². The summed E-state index contributed by atoms with van der Waals surface area (Å²) in [6.45, 7) is 6.34. The molecule has 2 heterocycles. The van der Waals surface area contributed by atoms with Crippen molar-refractivity contribution in [1.82, 2.24) is 9.78 Å². The fraction of sp³-hybridized carbons (Fsp3) is 0.261. The maximum atomic E-state index is 12.7. The van der Waals surface area contributed by atoms with Gasteiger partial charge in [0.05, 0.1) is 17.3 Å². The summed E-state index contributed by atoms with van der Waals surface area (Å²) in [4.78, 5) is 26.9. The third kappa shape index (κ3) is 3.78. The molecule has 1 N–H and O–H groups in total. The lowest BCUT2D eigenvalue weighted by atomic mass is 10.1. The van der Waals surface area contributed by atoms with Gasteiger partial charge in [-0.05, 0) is 62.7 Å². The molecule has 0 aliphatic carbocycles. The van der Waals surface area contributed by atoms with E-state index < -0.39 is 0 Å². The van der Waals surface area contributed by atoms with Gasteiger partial charge in [-0.15, -0.1) is 0 Å². The first kappa shape index (κ1) is 18.9. The van der Waals surface area contributed by atoms with Crippen molar-refractivity contribution in [3.63, 3.8) is 0 Å². The molecule has 1 aromatic heterocycles. The lowest BCUT2D eigenvalue weighted by molar-refractivity contribution is -0.122. The molecule has 1 atom stereocenters. The second-order valence-corrected chi connectivity index (χ2v) is 7.57. The molecule has 1 fully saturated rings. The van der Waals surface area contributed by atoms with Gasteiger partial charge in [-0.2, -0.15) is 5.10 Å². The molecule has 148 valence electrons. The number of para-hydroxylation sites is 1. The number of benzene rings is 2. The Morgan fingerprint density at radius 1 is 1.07 bits per heavy atom. The number of hydrogen-bond donors (Lipinski definition) is 1. The summed E-state index contributed by atoms with van der Waals surface area (Å²) in [5.74, 6) is -0.509. The van der Waals surface area contributed by atoms with E-state index >= 15 is 0 Å². The molecule has 0 bridgehead atoms. The molecular weight excluding hydrogens is 364 g/mol. The first-order valence-electron chi connectivity index (χ1n) is 9.73. The standard InChI is InChI=1S/C23H24N4O2/c1-15-6-4-5-7-21(15)26-14-18(13-22(26)28)23(29)24-19-8-10-20(11-9-19)27-17(3)12-16(2)25-27/h4-12,18H,13-14H2,1-3H3,(H,24,29)/t18-/m0/s1. The fourth-order valence-corrected chi connectivity index (χ4v) is 3.80. The third-order valence-electron chi connectivity index (χ3n) is 5.29. The number of aryl methyl sites for hydroxylation is 3. The molecule has 1 aliphatic rings. The second kappa shape index (κ2) is 7.54. The molecule has 2 amide bonds. The average Bonchev–Trinajstić information content (AvgIpc) is 3.24. The van der Waals surface area contributed by atoms with E-state index in [4.69, 9.17) is 0 Å². The van der Waals surface area contributed by atoms with E-state index in [9.17, 15) is 9.59 Å². The number of amides is 2. The van der Waals surface area contributed by atoms with Gasteiger partial charge < -0.3 is 10.2 Å². The molecule has 1 saturated heterocycles. The average molecular weight is 388 g/mol. The zero-order valence-corrected chi connectivity index (χ0v) is 16.8. The van der Waals surface area contributed by atoms with Crippen molar-refractivity contribution in [3.8, 4) is 5.69 Å². The van der Waals surface area contributed by atoms with Crippen molar-refractivity contribution in [3.05, 3.63) is 71.5 Å². The SMILES string of the molecule is Cc1cc(C)n(-c2ccc(NC(=O)[C@H]3CC(=O)N(c4ccccc4C)C3)cc2)n1. The monoisotopic (exact) mass is 388 g/mol. The van der Waals surface area contributed by atoms with Crippen LogP contribution in [0.4, 0.5) is 11.4 Å². The summed E-state index contributed by atoms with van der Waals surface area (Å²) in [7, 11) is 0. The maximum Gasteiger partial charge on any atom is 0.229 e. The Labute approximate surface area is 170 Å². The summed E-state index contributed by atoms with van der Waals surface area (Å²) < 4.78 is 1.87. The zero-order chi connectivity index (χ0) is 20.5. The lowest BCUT2D eigenvalue weighted by Gasteiger charge is -2.19. The van der Waals surface area contributed by atoms with Gasteiger partial charge in [0, 0.05) is 30.0 Å². The fourth-order valence-electron chi connectivity index (χ4n) is 3.80. The van der Waals surface area contributed by atoms with Crippen LogP contribution in [-0.4, -0.2) is 28.1 Å². The van der Waals surface area contributed by atoms with Crippen molar-refractivity contribution in [2.45, 2.75) is 27.2 Å². The van der Waals surface area contributed by atoms with E-state index in [-0.39, 0.29) is 24.2 Å². The van der Waals surface area contributed by atoms with E-state index in [1.165, 1.54) is 0 Å². The lowest BCUT2D eigenvalue weighted by Crippen LogP contribution is -2.28. The first-order valence-corrected chi connectivity index (χ1v) is 9.73. The van der Waals surface area contributed by atoms with Crippen LogP contribution in [0, 0.1) is 26.7 Å². The van der Waals surface area contributed by atoms with Crippen molar-refractivity contribution in [2.24, 2.45) is 5.92 Å². The minimum absolute atomic E-state index is 0.0145. The van der Waals surface area contributed by atoms with Crippen LogP contribution in [0.15, 0.2) is 54.6 Å². The molecule has 0 saturated carbocycles. The van der Waals surface area contributed by atoms with Crippen molar-refractivity contribution >= 4 is 23.2 Å². The summed E-state index contributed by atoms with van der Waals surface area (Å²) in [6, 6.07) is 17.3. The van der Waals surface area contributed by atoms with E-state index in [2.05, 4.69) is 10.4 Å². The number of carbonyl (C=O) groups is 2. The normalized spacial score (nSPS) is 16.3. The van der Waals surface area contributed by atoms with E-state index in [0.717, 1.165) is 28.3 Å². The molecule has 3 aromatic rings. The van der Waals surface area contributed by atoms with Crippen molar-refractivity contribution < 1.29 is 9.59 Å². The number of rotatable bonds is 4. The Bertz CT molecular complexity index is 1070. The predicted octanol–water partition coefficient (Wildman–Crippen LogP) is 3.79. The number of anilines is 2. The van der Waals surface area contributed by atoms with Gasteiger partial charge in [0.2, 0.25) is 11.8 Å². The first-order chi connectivity index (χ1) is 13.9. The van der Waals surface area contributed by atoms with Crippen LogP contribution in [0.25, 0.3) is 5.69 Å². The number of nitrogens with zero attached hydrogens (tertiary/aromatic N) is 3. The van der Waals surface area contributed by atoms with E-state index in [1.807, 2.05) is 80.1 Å². The minimum Gasteiger partial charge on any atom is -0.326 e. The Hall–Kier alpha value is -3.41. The molecule has 29 heavy (non-hydrogen) atoms. The minimum atomic E-state index is -0.363. The van der Waals surface area contributed by atoms with Gasteiger partial charge in [-0.3, -0.25) is 9.59 Å². The van der Waals surface area contributed by atoms with Crippen LogP contribution in [0.5, 0.6) is 0 Å². The smallest absolute Gasteiger partial charge is 0.229 e. The van der Waals surface area contributed by atoms with Gasteiger partial charge in [0.25, 0.3) is 0 Å². The summed E-state index contributed by atoms with van der Waals surface area (Å²) in [5.41, 5.74) is 5.57. The summed E-state index contributed by atoms with van der Waals surface area (Å²) in [6.07, 6.45) is 0.226. The van der Waals surface area contributed by atoms with Crippen LogP contribution >= 0.6 is 0 Å². The molecule has 0 radical (unpaired) electrons. The number of carbonyl (C=O) groups excluding carboxylic acids is 2. The number of hydrogen-bond acceptors (Lipinski definition) is 3. The van der Waals surface area contributed by atoms with Gasteiger partial charge >= 0.3 is 0 Å². The van der Waals surface area contributed by atoms with Crippen LogP contribution in [-0.2, 0) is 9.59 Å². The predicted molar refractivity (Wildman–Crippen MR) is 113 cm³/mol. The maximum absolute atomic E-state index is 12.7. The summed E-state index contributed by atoms with van der Waals surface area (Å²) in [5, 5.41) is 7.41.